The van der Waals surface area contributed by atoms with Crippen molar-refractivity contribution in [3.63, 3.8) is 0 Å². The molecule has 6 nitrogen and oxygen atoms in total. The molecule has 12 rings (SSSR count). The lowest BCUT2D eigenvalue weighted by Crippen LogP contribution is -2.10. The minimum absolute atomic E-state index is 0.590. The first kappa shape index (κ1) is 36.7. The Kier molecular flexibility index (Phi) is 8.50. The van der Waals surface area contributed by atoms with Crippen molar-refractivity contribution in [3.8, 4) is 17.2 Å². The van der Waals surface area contributed by atoms with Crippen molar-refractivity contribution in [2.45, 2.75) is 0 Å². The number of nitrogens with zero attached hydrogens (tertiary/aromatic N) is 4. The van der Waals surface area contributed by atoms with Gasteiger partial charge >= 0.3 is 0 Å². The van der Waals surface area contributed by atoms with Crippen molar-refractivity contribution in [2.24, 2.45) is 0 Å². The third-order valence-corrected chi connectivity index (χ3v) is 12.3. The summed E-state index contributed by atoms with van der Waals surface area (Å²) >= 11 is 0. The predicted molar refractivity (Wildman–Crippen MR) is 262 cm³/mol. The summed E-state index contributed by atoms with van der Waals surface area (Å²) < 4.78 is 12.7. The fraction of sp³-hybridized carbons (Fsp3) is 0. The second-order valence-electron chi connectivity index (χ2n) is 15.9. The van der Waals surface area contributed by atoms with Gasteiger partial charge in [-0.25, -0.2) is 4.85 Å². The summed E-state index contributed by atoms with van der Waals surface area (Å²) in [6, 6.07) is 72.8. The summed E-state index contributed by atoms with van der Waals surface area (Å²) in [7, 11) is 0. The van der Waals surface area contributed by atoms with Gasteiger partial charge in [-0.15, -0.1) is 0 Å². The van der Waals surface area contributed by atoms with Crippen LogP contribution in [0.1, 0.15) is 5.56 Å². The zero-order valence-electron chi connectivity index (χ0n) is 34.2. The summed E-state index contributed by atoms with van der Waals surface area (Å²) in [5.74, 6) is 0. The van der Waals surface area contributed by atoms with E-state index in [4.69, 9.17) is 15.4 Å². The molecule has 2 heterocycles. The summed E-state index contributed by atoms with van der Waals surface area (Å²) in [6.45, 7) is 7.57. The van der Waals surface area contributed by atoms with Crippen LogP contribution in [0, 0.1) is 17.9 Å². The van der Waals surface area contributed by atoms with Crippen LogP contribution in [-0.4, -0.2) is 0 Å². The highest BCUT2D eigenvalue weighted by molar-refractivity contribution is 6.20. The maximum atomic E-state index is 9.61. The number of nitriles is 1. The Balaban J connectivity index is 0.922. The average molecular weight is 819 g/mol. The fourth-order valence-corrected chi connectivity index (χ4v) is 9.21. The van der Waals surface area contributed by atoms with E-state index in [0.29, 0.717) is 11.3 Å². The van der Waals surface area contributed by atoms with E-state index < -0.39 is 0 Å². The Bertz CT molecular complexity index is 3600. The normalized spacial score (nSPS) is 11.4. The topological polar surface area (TPSA) is 60.9 Å². The summed E-state index contributed by atoms with van der Waals surface area (Å²) in [6.07, 6.45) is 0. The number of hydrogen-bond acceptors (Lipinski definition) is 5. The van der Waals surface area contributed by atoms with Crippen LogP contribution < -0.4 is 9.80 Å². The smallest absolute Gasteiger partial charge is 0.187 e. The molecule has 0 amide bonds. The molecule has 0 fully saturated rings. The number of furan rings is 2. The maximum Gasteiger partial charge on any atom is 0.187 e. The molecule has 0 aliphatic carbocycles. The average Bonchev–Trinajstić information content (AvgIpc) is 3.94. The van der Waals surface area contributed by atoms with Gasteiger partial charge in [0.1, 0.15) is 22.3 Å². The Hall–Kier alpha value is -9.10. The molecule has 6 heteroatoms. The van der Waals surface area contributed by atoms with Gasteiger partial charge in [0.15, 0.2) is 5.69 Å². The number of fused-ring (bicyclic) bond motifs is 10. The number of rotatable bonds is 7. The predicted octanol–water partition coefficient (Wildman–Crippen LogP) is 16.8. The molecule has 0 unspecified atom stereocenters. The molecule has 0 saturated carbocycles. The Labute approximate surface area is 368 Å². The van der Waals surface area contributed by atoms with E-state index in [1.54, 1.807) is 0 Å². The van der Waals surface area contributed by atoms with Crippen LogP contribution in [0.3, 0.4) is 0 Å². The molecule has 298 valence electrons. The van der Waals surface area contributed by atoms with Crippen LogP contribution in [0.25, 0.3) is 81.4 Å². The van der Waals surface area contributed by atoms with Crippen LogP contribution in [0.5, 0.6) is 0 Å². The second-order valence-corrected chi connectivity index (χ2v) is 15.9. The molecule has 0 saturated heterocycles. The van der Waals surface area contributed by atoms with Crippen LogP contribution in [-0.2, 0) is 0 Å². The van der Waals surface area contributed by atoms with Crippen molar-refractivity contribution in [3.05, 3.63) is 223 Å². The largest absolute Gasteiger partial charge is 0.456 e. The Morgan fingerprint density at radius 2 is 0.781 bits per heavy atom. The lowest BCUT2D eigenvalue weighted by atomic mass is 10.0. The van der Waals surface area contributed by atoms with E-state index in [-0.39, 0.29) is 0 Å². The van der Waals surface area contributed by atoms with Gasteiger partial charge in [0.25, 0.3) is 0 Å². The zero-order valence-corrected chi connectivity index (χ0v) is 34.2. The molecule has 0 radical (unpaired) electrons. The van der Waals surface area contributed by atoms with E-state index in [9.17, 15) is 5.26 Å². The van der Waals surface area contributed by atoms with Crippen molar-refractivity contribution >= 4 is 105 Å². The highest BCUT2D eigenvalue weighted by Crippen LogP contribution is 2.43. The molecule has 2 aromatic heterocycles. The number of benzene rings is 10. The molecule has 0 bridgehead atoms. The minimum atomic E-state index is 0.590. The van der Waals surface area contributed by atoms with Gasteiger partial charge in [0.2, 0.25) is 0 Å². The van der Waals surface area contributed by atoms with Crippen molar-refractivity contribution < 1.29 is 8.83 Å². The molecule has 10 aromatic carbocycles. The van der Waals surface area contributed by atoms with Gasteiger partial charge in [-0.3, -0.25) is 0 Å². The minimum Gasteiger partial charge on any atom is -0.456 e. The first-order valence-electron chi connectivity index (χ1n) is 21.1. The molecule has 64 heavy (non-hydrogen) atoms. The maximum absolute atomic E-state index is 9.61. The second kappa shape index (κ2) is 14.8. The fourth-order valence-electron chi connectivity index (χ4n) is 9.21. The van der Waals surface area contributed by atoms with Gasteiger partial charge in [-0.1, -0.05) is 97.1 Å². The molecule has 12 aromatic rings. The SMILES string of the molecule is [C-]#[N+]c1ccc(N(c2ccc(-c3ccc(N(c4ccc(C#N)cc4)c4ccc5oc6ccc7ccccc7c6c5c4)cc3)cc2)c2ccc3oc4ccc5ccccc5c4c3c2)cc1. The van der Waals surface area contributed by atoms with E-state index in [0.717, 1.165) is 105 Å². The van der Waals surface area contributed by atoms with Crippen LogP contribution in [0.15, 0.2) is 215 Å². The van der Waals surface area contributed by atoms with Crippen LogP contribution in [0.2, 0.25) is 0 Å². The van der Waals surface area contributed by atoms with Crippen LogP contribution in [0.4, 0.5) is 39.8 Å². The molecule has 0 aliphatic heterocycles. The Morgan fingerprint density at radius 3 is 1.22 bits per heavy atom. The third-order valence-electron chi connectivity index (χ3n) is 12.3. The van der Waals surface area contributed by atoms with Crippen LogP contribution >= 0.6 is 0 Å². The summed E-state index contributed by atoms with van der Waals surface area (Å²) in [5, 5.41) is 18.5. The van der Waals surface area contributed by atoms with E-state index in [2.05, 4.69) is 172 Å². The van der Waals surface area contributed by atoms with Gasteiger partial charge in [0, 0.05) is 55.7 Å². The lowest BCUT2D eigenvalue weighted by molar-refractivity contribution is 0.669. The molecule has 0 aliphatic rings. The Morgan fingerprint density at radius 1 is 0.391 bits per heavy atom. The van der Waals surface area contributed by atoms with Crippen molar-refractivity contribution in [2.75, 3.05) is 9.80 Å². The van der Waals surface area contributed by atoms with Crippen molar-refractivity contribution in [1.82, 2.24) is 0 Å². The first-order valence-corrected chi connectivity index (χ1v) is 21.1. The summed E-state index contributed by atoms with van der Waals surface area (Å²) in [5.41, 5.74) is 12.5. The van der Waals surface area contributed by atoms with Gasteiger partial charge in [0.05, 0.1) is 18.2 Å². The first-order chi connectivity index (χ1) is 31.6. The highest BCUT2D eigenvalue weighted by atomic mass is 16.3. The highest BCUT2D eigenvalue weighted by Gasteiger charge is 2.19. The van der Waals surface area contributed by atoms with E-state index in [1.807, 2.05) is 54.6 Å². The van der Waals surface area contributed by atoms with Gasteiger partial charge in [-0.05, 0) is 142 Å². The third kappa shape index (κ3) is 6.10. The van der Waals surface area contributed by atoms with Crippen molar-refractivity contribution in [1.29, 1.82) is 5.26 Å². The standard InChI is InChI=1S/C58H34N4O2/c1-60-42-18-26-46(27-19-42)62(48-29-33-54-52(35-48)58-50-9-5-3-7-41(50)17-31-56(58)64-54)45-24-14-39(15-25-45)38-12-22-44(23-13-38)61(43-20-10-37(36-59)11-21-43)47-28-32-53-51(34-47)57-49-8-4-2-6-40(49)16-30-55(57)63-53/h2-35H. The number of anilines is 6. The van der Waals surface area contributed by atoms with E-state index in [1.165, 1.54) is 5.39 Å². The zero-order chi connectivity index (χ0) is 42.7. The number of hydrogen-bond donors (Lipinski definition) is 0. The lowest BCUT2D eigenvalue weighted by Gasteiger charge is -2.26. The molecular formula is C58H34N4O2. The van der Waals surface area contributed by atoms with Gasteiger partial charge in [-0.2, -0.15) is 5.26 Å². The molecular weight excluding hydrogens is 785 g/mol. The summed E-state index contributed by atoms with van der Waals surface area (Å²) in [4.78, 5) is 8.09. The van der Waals surface area contributed by atoms with Gasteiger partial charge < -0.3 is 18.6 Å². The quantitative estimate of drug-likeness (QED) is 0.150. The molecule has 0 N–H and O–H groups in total. The van der Waals surface area contributed by atoms with E-state index >= 15 is 0 Å². The monoisotopic (exact) mass is 818 g/mol. The molecule has 0 spiro atoms. The molecule has 0 atom stereocenters.